The Morgan fingerprint density at radius 1 is 1.40 bits per heavy atom. The van der Waals surface area contributed by atoms with Crippen LogP contribution in [0.25, 0.3) is 0 Å². The molecule has 0 aromatic heterocycles. The third kappa shape index (κ3) is 4.52. The largest absolute Gasteiger partial charge is 0.491 e. The number of nitriles is 1. The van der Waals surface area contributed by atoms with E-state index < -0.39 is 6.10 Å². The average molecular weight is 274 g/mol. The van der Waals surface area contributed by atoms with E-state index in [0.29, 0.717) is 17.9 Å². The molecule has 20 heavy (non-hydrogen) atoms. The molecule has 0 amide bonds. The molecular formula is C16H22N2O2. The van der Waals surface area contributed by atoms with Crippen LogP contribution in [-0.4, -0.2) is 42.9 Å². The molecule has 4 nitrogen and oxygen atoms in total. The zero-order valence-electron chi connectivity index (χ0n) is 12.0. The number of aliphatic hydroxyl groups excluding tert-OH is 1. The molecule has 1 aliphatic rings. The Bertz CT molecular complexity index is 449. The van der Waals surface area contributed by atoms with Crippen LogP contribution < -0.4 is 4.74 Å². The minimum absolute atomic E-state index is 0.279. The van der Waals surface area contributed by atoms with E-state index in [1.165, 1.54) is 19.3 Å². The monoisotopic (exact) mass is 274 g/mol. The van der Waals surface area contributed by atoms with Crippen LogP contribution in [0.4, 0.5) is 0 Å². The first-order chi connectivity index (χ1) is 9.67. The summed E-state index contributed by atoms with van der Waals surface area (Å²) in [6, 6.07) is 8.99. The van der Waals surface area contributed by atoms with Crippen molar-refractivity contribution in [1.29, 1.82) is 5.26 Å². The van der Waals surface area contributed by atoms with Crippen molar-refractivity contribution in [3.05, 3.63) is 29.8 Å². The zero-order valence-corrected chi connectivity index (χ0v) is 12.0. The molecule has 1 fully saturated rings. The van der Waals surface area contributed by atoms with Gasteiger partial charge in [0.1, 0.15) is 18.5 Å². The lowest BCUT2D eigenvalue weighted by Gasteiger charge is -2.31. The van der Waals surface area contributed by atoms with Crippen LogP contribution in [0, 0.1) is 17.2 Å². The molecule has 0 saturated heterocycles. The molecule has 0 radical (unpaired) electrons. The molecule has 1 saturated carbocycles. The molecule has 0 bridgehead atoms. The predicted octanol–water partition coefficient (Wildman–Crippen LogP) is 2.03. The Kier molecular flexibility index (Phi) is 5.40. The van der Waals surface area contributed by atoms with Gasteiger partial charge in [-0.05, 0) is 50.1 Å². The SMILES string of the molecule is CN(CC(O)COc1ccc(C#N)cc1)CC1CCC1. The van der Waals surface area contributed by atoms with E-state index in [9.17, 15) is 5.11 Å². The number of benzene rings is 1. The van der Waals surface area contributed by atoms with Crippen molar-refractivity contribution in [2.75, 3.05) is 26.7 Å². The maximum atomic E-state index is 9.97. The highest BCUT2D eigenvalue weighted by atomic mass is 16.5. The van der Waals surface area contributed by atoms with Crippen molar-refractivity contribution in [1.82, 2.24) is 4.90 Å². The average Bonchev–Trinajstić information content (AvgIpc) is 2.41. The minimum Gasteiger partial charge on any atom is -0.491 e. The fourth-order valence-corrected chi connectivity index (χ4v) is 2.42. The van der Waals surface area contributed by atoms with Crippen LogP contribution in [0.1, 0.15) is 24.8 Å². The van der Waals surface area contributed by atoms with E-state index in [4.69, 9.17) is 10.00 Å². The molecule has 0 heterocycles. The second kappa shape index (κ2) is 7.28. The van der Waals surface area contributed by atoms with Crippen molar-refractivity contribution in [2.45, 2.75) is 25.4 Å². The standard InChI is InChI=1S/C16H22N2O2/c1-18(10-14-3-2-4-14)11-15(19)12-20-16-7-5-13(9-17)6-8-16/h5-8,14-15,19H,2-4,10-12H2,1H3. The molecule has 0 aliphatic heterocycles. The van der Waals surface area contributed by atoms with Gasteiger partial charge in [0.25, 0.3) is 0 Å². The van der Waals surface area contributed by atoms with Gasteiger partial charge in [0.15, 0.2) is 0 Å². The van der Waals surface area contributed by atoms with E-state index >= 15 is 0 Å². The molecule has 1 unspecified atom stereocenters. The molecule has 1 N–H and O–H groups in total. The first-order valence-corrected chi connectivity index (χ1v) is 7.17. The lowest BCUT2D eigenvalue weighted by Crippen LogP contribution is -2.37. The highest BCUT2D eigenvalue weighted by Crippen LogP contribution is 2.26. The Morgan fingerprint density at radius 3 is 2.65 bits per heavy atom. The maximum Gasteiger partial charge on any atom is 0.119 e. The Labute approximate surface area is 120 Å². The highest BCUT2D eigenvalue weighted by Gasteiger charge is 2.20. The first-order valence-electron chi connectivity index (χ1n) is 7.17. The fourth-order valence-electron chi connectivity index (χ4n) is 2.42. The van der Waals surface area contributed by atoms with Crippen molar-refractivity contribution >= 4 is 0 Å². The summed E-state index contributed by atoms with van der Waals surface area (Å²) in [6.07, 6.45) is 3.50. The predicted molar refractivity (Wildman–Crippen MR) is 77.5 cm³/mol. The van der Waals surface area contributed by atoms with Gasteiger partial charge in [-0.15, -0.1) is 0 Å². The van der Waals surface area contributed by atoms with Gasteiger partial charge < -0.3 is 14.7 Å². The van der Waals surface area contributed by atoms with E-state index in [1.54, 1.807) is 24.3 Å². The van der Waals surface area contributed by atoms with Gasteiger partial charge in [-0.1, -0.05) is 6.42 Å². The molecule has 4 heteroatoms. The van der Waals surface area contributed by atoms with Gasteiger partial charge in [0.05, 0.1) is 11.6 Å². The van der Waals surface area contributed by atoms with Crippen LogP contribution in [-0.2, 0) is 0 Å². The number of ether oxygens (including phenoxy) is 1. The number of rotatable bonds is 7. The van der Waals surface area contributed by atoms with E-state index in [-0.39, 0.29) is 6.61 Å². The van der Waals surface area contributed by atoms with Gasteiger partial charge in [-0.3, -0.25) is 0 Å². The topological polar surface area (TPSA) is 56.5 Å². The van der Waals surface area contributed by atoms with Crippen LogP contribution in [0.3, 0.4) is 0 Å². The van der Waals surface area contributed by atoms with Crippen molar-refractivity contribution in [3.63, 3.8) is 0 Å². The van der Waals surface area contributed by atoms with Gasteiger partial charge in [0.2, 0.25) is 0 Å². The minimum atomic E-state index is -0.490. The Morgan fingerprint density at radius 2 is 2.10 bits per heavy atom. The van der Waals surface area contributed by atoms with Gasteiger partial charge in [-0.2, -0.15) is 5.26 Å². The molecular weight excluding hydrogens is 252 g/mol. The number of hydrogen-bond donors (Lipinski definition) is 1. The third-order valence-corrected chi connectivity index (χ3v) is 3.74. The van der Waals surface area contributed by atoms with Gasteiger partial charge >= 0.3 is 0 Å². The van der Waals surface area contributed by atoms with Crippen LogP contribution in [0.2, 0.25) is 0 Å². The van der Waals surface area contributed by atoms with Crippen LogP contribution in [0.5, 0.6) is 5.75 Å². The molecule has 1 aromatic rings. The molecule has 108 valence electrons. The molecule has 1 aliphatic carbocycles. The van der Waals surface area contributed by atoms with E-state index in [1.807, 2.05) is 7.05 Å². The maximum absolute atomic E-state index is 9.97. The lowest BCUT2D eigenvalue weighted by atomic mass is 9.85. The summed E-state index contributed by atoms with van der Waals surface area (Å²) in [4.78, 5) is 2.18. The molecule has 0 spiro atoms. The molecule has 1 atom stereocenters. The fraction of sp³-hybridized carbons (Fsp3) is 0.562. The second-order valence-electron chi connectivity index (χ2n) is 5.62. The lowest BCUT2D eigenvalue weighted by molar-refractivity contribution is 0.0665. The van der Waals surface area contributed by atoms with Crippen LogP contribution >= 0.6 is 0 Å². The number of hydrogen-bond acceptors (Lipinski definition) is 4. The summed E-state index contributed by atoms with van der Waals surface area (Å²) >= 11 is 0. The summed E-state index contributed by atoms with van der Waals surface area (Å²) in [5.41, 5.74) is 0.609. The number of aliphatic hydroxyl groups is 1. The molecule has 1 aromatic carbocycles. The quantitative estimate of drug-likeness (QED) is 0.826. The summed E-state index contributed by atoms with van der Waals surface area (Å²) in [7, 11) is 2.04. The summed E-state index contributed by atoms with van der Waals surface area (Å²) in [6.45, 7) is 1.97. The van der Waals surface area contributed by atoms with Gasteiger partial charge in [0, 0.05) is 13.1 Å². The first kappa shape index (κ1) is 14.8. The Balaban J connectivity index is 1.68. The summed E-state index contributed by atoms with van der Waals surface area (Å²) in [5.74, 6) is 1.50. The molecule has 2 rings (SSSR count). The zero-order chi connectivity index (χ0) is 14.4. The van der Waals surface area contributed by atoms with Crippen molar-refractivity contribution in [3.8, 4) is 11.8 Å². The second-order valence-corrected chi connectivity index (χ2v) is 5.62. The van der Waals surface area contributed by atoms with E-state index in [0.717, 1.165) is 12.5 Å². The summed E-state index contributed by atoms with van der Waals surface area (Å²) in [5, 5.41) is 18.7. The normalized spacial score (nSPS) is 16.5. The third-order valence-electron chi connectivity index (χ3n) is 3.74. The highest BCUT2D eigenvalue weighted by molar-refractivity contribution is 5.34. The number of nitrogens with zero attached hydrogens (tertiary/aromatic N) is 2. The van der Waals surface area contributed by atoms with Crippen LogP contribution in [0.15, 0.2) is 24.3 Å². The van der Waals surface area contributed by atoms with Crippen molar-refractivity contribution < 1.29 is 9.84 Å². The smallest absolute Gasteiger partial charge is 0.119 e. The van der Waals surface area contributed by atoms with Crippen molar-refractivity contribution in [2.24, 2.45) is 5.92 Å². The van der Waals surface area contributed by atoms with E-state index in [2.05, 4.69) is 11.0 Å². The number of likely N-dealkylation sites (N-methyl/N-ethyl adjacent to an activating group) is 1. The Hall–Kier alpha value is -1.57. The summed E-state index contributed by atoms with van der Waals surface area (Å²) < 4.78 is 5.53. The van der Waals surface area contributed by atoms with Gasteiger partial charge in [-0.25, -0.2) is 0 Å².